The van der Waals surface area contributed by atoms with Crippen LogP contribution in [0.4, 0.5) is 17.1 Å². The number of nitrogens with one attached hydrogen (secondary N) is 1. The van der Waals surface area contributed by atoms with E-state index in [0.717, 1.165) is 5.56 Å². The van der Waals surface area contributed by atoms with Crippen molar-refractivity contribution in [2.45, 2.75) is 13.5 Å². The highest BCUT2D eigenvalue weighted by Gasteiger charge is 2.18. The first-order valence-corrected chi connectivity index (χ1v) is 10.6. The molecule has 1 aromatic heterocycles. The number of furan rings is 1. The predicted octanol–water partition coefficient (Wildman–Crippen LogP) is 6.03. The number of para-hydroxylation sites is 2. The molecule has 36 heavy (non-hydrogen) atoms. The van der Waals surface area contributed by atoms with E-state index in [1.54, 1.807) is 18.2 Å². The lowest BCUT2D eigenvalue weighted by Gasteiger charge is -2.09. The van der Waals surface area contributed by atoms with Crippen LogP contribution in [0.3, 0.4) is 0 Å². The van der Waals surface area contributed by atoms with Crippen LogP contribution >= 0.6 is 0 Å². The van der Waals surface area contributed by atoms with Gasteiger partial charge in [-0.15, -0.1) is 0 Å². The number of ether oxygens (including phenoxy) is 2. The van der Waals surface area contributed by atoms with Gasteiger partial charge in [-0.05, 0) is 37.3 Å². The van der Waals surface area contributed by atoms with Gasteiger partial charge in [0.15, 0.2) is 11.5 Å². The van der Waals surface area contributed by atoms with E-state index < -0.39 is 15.8 Å². The molecule has 0 spiro atoms. The summed E-state index contributed by atoms with van der Waals surface area (Å²) in [6, 6.07) is 19.8. The number of non-ortho nitro benzene ring substituents is 1. The molecule has 0 unspecified atom stereocenters. The van der Waals surface area contributed by atoms with Gasteiger partial charge < -0.3 is 19.2 Å². The van der Waals surface area contributed by atoms with Gasteiger partial charge in [-0.2, -0.15) is 0 Å². The second-order valence-corrected chi connectivity index (χ2v) is 7.62. The molecule has 0 aliphatic carbocycles. The monoisotopic (exact) mass is 489 g/mol. The highest BCUT2D eigenvalue weighted by molar-refractivity contribution is 6.02. The van der Waals surface area contributed by atoms with Crippen LogP contribution in [0.5, 0.6) is 17.2 Å². The number of nitro benzene ring substituents is 2. The minimum atomic E-state index is -0.659. The highest BCUT2D eigenvalue weighted by Crippen LogP contribution is 2.31. The van der Waals surface area contributed by atoms with E-state index in [4.69, 9.17) is 13.9 Å². The molecule has 0 saturated carbocycles. The van der Waals surface area contributed by atoms with E-state index in [-0.39, 0.29) is 46.7 Å². The molecule has 4 rings (SSSR count). The molecular formula is C25H19N3O8. The van der Waals surface area contributed by atoms with Gasteiger partial charge >= 0.3 is 5.69 Å². The second-order valence-electron chi connectivity index (χ2n) is 7.62. The first-order chi connectivity index (χ1) is 17.3. The first kappa shape index (κ1) is 24.0. The zero-order chi connectivity index (χ0) is 25.7. The Morgan fingerprint density at radius 2 is 1.67 bits per heavy atom. The van der Waals surface area contributed by atoms with Crippen LogP contribution in [0.25, 0.3) is 0 Å². The standard InChI is InChI=1S/C25H19N3O8/c1-16-6-8-19(9-7-16)35-21-13-17(12-18(14-21)27(30)31)26-25(29)24-11-10-20(36-24)15-34-23-5-3-2-4-22(23)28(32)33/h2-14H,15H2,1H3,(H,26,29). The van der Waals surface area contributed by atoms with Crippen molar-refractivity contribution in [2.24, 2.45) is 0 Å². The van der Waals surface area contributed by atoms with Crippen LogP contribution in [0.15, 0.2) is 83.3 Å². The summed E-state index contributed by atoms with van der Waals surface area (Å²) >= 11 is 0. The summed E-state index contributed by atoms with van der Waals surface area (Å²) in [5.41, 5.74) is 0.689. The number of amides is 1. The van der Waals surface area contributed by atoms with E-state index in [0.29, 0.717) is 5.75 Å². The number of carbonyl (C=O) groups is 1. The van der Waals surface area contributed by atoms with Crippen LogP contribution in [0.1, 0.15) is 21.9 Å². The second kappa shape index (κ2) is 10.4. The molecule has 11 nitrogen and oxygen atoms in total. The lowest BCUT2D eigenvalue weighted by Crippen LogP contribution is -2.11. The SMILES string of the molecule is Cc1ccc(Oc2cc(NC(=O)c3ccc(COc4ccccc4[N+](=O)[O-])o3)cc([N+](=O)[O-])c2)cc1. The minimum absolute atomic E-state index is 0.0580. The number of hydrogen-bond acceptors (Lipinski definition) is 8. The van der Waals surface area contributed by atoms with E-state index in [1.807, 2.05) is 19.1 Å². The van der Waals surface area contributed by atoms with Crippen molar-refractivity contribution < 1.29 is 28.5 Å². The normalized spacial score (nSPS) is 10.5. The maximum absolute atomic E-state index is 12.7. The first-order valence-electron chi connectivity index (χ1n) is 10.6. The minimum Gasteiger partial charge on any atom is -0.479 e. The van der Waals surface area contributed by atoms with Crippen molar-refractivity contribution >= 4 is 23.0 Å². The van der Waals surface area contributed by atoms with Crippen LogP contribution in [-0.4, -0.2) is 15.8 Å². The zero-order valence-corrected chi connectivity index (χ0v) is 18.9. The molecule has 3 aromatic carbocycles. The van der Waals surface area contributed by atoms with Gasteiger partial charge in [0.1, 0.15) is 23.9 Å². The molecule has 0 fully saturated rings. The Morgan fingerprint density at radius 3 is 2.39 bits per heavy atom. The fraction of sp³-hybridized carbons (Fsp3) is 0.0800. The third-order valence-electron chi connectivity index (χ3n) is 4.93. The van der Waals surface area contributed by atoms with E-state index in [9.17, 15) is 25.0 Å². The van der Waals surface area contributed by atoms with Gasteiger partial charge in [-0.25, -0.2) is 0 Å². The number of anilines is 1. The zero-order valence-electron chi connectivity index (χ0n) is 18.9. The summed E-state index contributed by atoms with van der Waals surface area (Å²) in [5, 5.41) is 25.0. The Kier molecular flexibility index (Phi) is 6.91. The number of benzene rings is 3. The van der Waals surface area contributed by atoms with Gasteiger partial charge in [0.05, 0.1) is 21.6 Å². The Balaban J connectivity index is 1.46. The number of nitrogens with zero attached hydrogens (tertiary/aromatic N) is 2. The van der Waals surface area contributed by atoms with Gasteiger partial charge in [0.2, 0.25) is 0 Å². The summed E-state index contributed by atoms with van der Waals surface area (Å²) in [7, 11) is 0. The molecular weight excluding hydrogens is 470 g/mol. The van der Waals surface area contributed by atoms with Crippen LogP contribution < -0.4 is 14.8 Å². The summed E-state index contributed by atoms with van der Waals surface area (Å²) < 4.78 is 16.7. The maximum atomic E-state index is 12.7. The van der Waals surface area contributed by atoms with Gasteiger partial charge in [-0.1, -0.05) is 29.8 Å². The van der Waals surface area contributed by atoms with Crippen molar-refractivity contribution in [3.63, 3.8) is 0 Å². The number of carbonyl (C=O) groups excluding carboxylic acids is 1. The van der Waals surface area contributed by atoms with Crippen molar-refractivity contribution in [3.05, 3.63) is 116 Å². The van der Waals surface area contributed by atoms with Crippen molar-refractivity contribution in [1.82, 2.24) is 0 Å². The quantitative estimate of drug-likeness (QED) is 0.221. The Hall–Kier alpha value is -5.19. The fourth-order valence-corrected chi connectivity index (χ4v) is 3.21. The van der Waals surface area contributed by atoms with Crippen molar-refractivity contribution in [2.75, 3.05) is 5.32 Å². The molecule has 4 aromatic rings. The average Bonchev–Trinajstić information content (AvgIpc) is 3.33. The van der Waals surface area contributed by atoms with E-state index in [1.165, 1.54) is 48.5 Å². The molecule has 11 heteroatoms. The number of aryl methyl sites for hydroxylation is 1. The van der Waals surface area contributed by atoms with E-state index in [2.05, 4.69) is 5.32 Å². The molecule has 0 aliphatic rings. The van der Waals surface area contributed by atoms with Gasteiger partial charge in [0.25, 0.3) is 11.6 Å². The predicted molar refractivity (Wildman–Crippen MR) is 128 cm³/mol. The van der Waals surface area contributed by atoms with Crippen molar-refractivity contribution in [1.29, 1.82) is 0 Å². The number of nitro groups is 2. The molecule has 0 saturated heterocycles. The Bertz CT molecular complexity index is 1430. The number of hydrogen-bond donors (Lipinski definition) is 1. The summed E-state index contributed by atoms with van der Waals surface area (Å²) in [5.74, 6) is 0.217. The molecule has 0 radical (unpaired) electrons. The summed E-state index contributed by atoms with van der Waals surface area (Å²) in [6.45, 7) is 1.77. The smallest absolute Gasteiger partial charge is 0.310 e. The number of rotatable bonds is 9. The molecule has 0 bridgehead atoms. The third kappa shape index (κ3) is 5.83. The molecule has 0 aliphatic heterocycles. The lowest BCUT2D eigenvalue weighted by atomic mass is 10.2. The van der Waals surface area contributed by atoms with Crippen LogP contribution in [0.2, 0.25) is 0 Å². The van der Waals surface area contributed by atoms with Gasteiger partial charge in [-0.3, -0.25) is 25.0 Å². The van der Waals surface area contributed by atoms with E-state index >= 15 is 0 Å². The lowest BCUT2D eigenvalue weighted by molar-refractivity contribution is -0.386. The molecule has 1 N–H and O–H groups in total. The maximum Gasteiger partial charge on any atom is 0.310 e. The molecule has 0 atom stereocenters. The fourth-order valence-electron chi connectivity index (χ4n) is 3.21. The van der Waals surface area contributed by atoms with Crippen LogP contribution in [-0.2, 0) is 6.61 Å². The van der Waals surface area contributed by atoms with Crippen LogP contribution in [0, 0.1) is 27.2 Å². The summed E-state index contributed by atoms with van der Waals surface area (Å²) in [4.78, 5) is 34.0. The highest BCUT2D eigenvalue weighted by atomic mass is 16.6. The van der Waals surface area contributed by atoms with Crippen molar-refractivity contribution in [3.8, 4) is 17.2 Å². The third-order valence-corrected chi connectivity index (χ3v) is 4.93. The average molecular weight is 489 g/mol. The molecule has 1 amide bonds. The molecule has 1 heterocycles. The summed E-state index contributed by atoms with van der Waals surface area (Å²) in [6.07, 6.45) is 0. The topological polar surface area (TPSA) is 147 Å². The Labute approximate surface area is 204 Å². The Morgan fingerprint density at radius 1 is 0.917 bits per heavy atom. The van der Waals surface area contributed by atoms with Gasteiger partial charge in [0, 0.05) is 18.2 Å². The largest absolute Gasteiger partial charge is 0.479 e. The molecule has 182 valence electrons.